The van der Waals surface area contributed by atoms with Crippen molar-refractivity contribution in [2.24, 2.45) is 5.73 Å². The molecule has 14 heavy (non-hydrogen) atoms. The zero-order valence-corrected chi connectivity index (χ0v) is 9.11. The Bertz CT molecular complexity index is 357. The number of hydrogen-bond acceptors (Lipinski definition) is 2. The van der Waals surface area contributed by atoms with Crippen LogP contribution >= 0.6 is 15.9 Å². The van der Waals surface area contributed by atoms with Gasteiger partial charge >= 0.3 is 0 Å². The third-order valence-electron chi connectivity index (χ3n) is 1.99. The van der Waals surface area contributed by atoms with Gasteiger partial charge in [0.15, 0.2) is 0 Å². The number of rotatable bonds is 2. The minimum atomic E-state index is -0.841. The SMILES string of the molecule is CCC(N)c1c(F)cc(F)c(Br)c1O. The van der Waals surface area contributed by atoms with Crippen LogP contribution in [0, 0.1) is 11.6 Å². The Morgan fingerprint density at radius 1 is 1.50 bits per heavy atom. The Morgan fingerprint density at radius 3 is 2.57 bits per heavy atom. The van der Waals surface area contributed by atoms with Gasteiger partial charge in [-0.2, -0.15) is 0 Å². The molecule has 0 aliphatic rings. The van der Waals surface area contributed by atoms with Crippen molar-refractivity contribution in [1.82, 2.24) is 0 Å². The summed E-state index contributed by atoms with van der Waals surface area (Å²) in [6.07, 6.45) is 0.461. The van der Waals surface area contributed by atoms with Crippen molar-refractivity contribution in [3.8, 4) is 5.75 Å². The molecule has 0 aliphatic carbocycles. The molecule has 5 heteroatoms. The van der Waals surface area contributed by atoms with Crippen molar-refractivity contribution in [1.29, 1.82) is 0 Å². The molecule has 0 saturated heterocycles. The molecule has 1 atom stereocenters. The van der Waals surface area contributed by atoms with Gasteiger partial charge in [0.1, 0.15) is 17.4 Å². The molecule has 0 bridgehead atoms. The van der Waals surface area contributed by atoms with Gasteiger partial charge in [-0.3, -0.25) is 0 Å². The lowest BCUT2D eigenvalue weighted by molar-refractivity contribution is 0.434. The lowest BCUT2D eigenvalue weighted by atomic mass is 10.0. The predicted octanol–water partition coefficient (Wildman–Crippen LogP) is 2.84. The normalized spacial score (nSPS) is 12.9. The lowest BCUT2D eigenvalue weighted by Crippen LogP contribution is -2.11. The molecule has 0 fully saturated rings. The van der Waals surface area contributed by atoms with Crippen LogP contribution in [0.1, 0.15) is 24.9 Å². The highest BCUT2D eigenvalue weighted by molar-refractivity contribution is 9.10. The molecule has 2 nitrogen and oxygen atoms in total. The van der Waals surface area contributed by atoms with Crippen LogP contribution < -0.4 is 5.73 Å². The Morgan fingerprint density at radius 2 is 2.07 bits per heavy atom. The first-order valence-electron chi connectivity index (χ1n) is 4.11. The lowest BCUT2D eigenvalue weighted by Gasteiger charge is -2.13. The van der Waals surface area contributed by atoms with E-state index < -0.39 is 23.4 Å². The Hall–Kier alpha value is -0.680. The Balaban J connectivity index is 3.36. The molecule has 0 aromatic heterocycles. The summed E-state index contributed by atoms with van der Waals surface area (Å²) in [4.78, 5) is 0. The summed E-state index contributed by atoms with van der Waals surface area (Å²) >= 11 is 2.81. The third kappa shape index (κ3) is 1.88. The summed E-state index contributed by atoms with van der Waals surface area (Å²) in [5, 5.41) is 9.45. The van der Waals surface area contributed by atoms with Crippen LogP contribution in [0.2, 0.25) is 0 Å². The van der Waals surface area contributed by atoms with Crippen molar-refractivity contribution < 1.29 is 13.9 Å². The molecule has 0 radical (unpaired) electrons. The van der Waals surface area contributed by atoms with Crippen molar-refractivity contribution in [3.63, 3.8) is 0 Å². The van der Waals surface area contributed by atoms with Gasteiger partial charge in [0.05, 0.1) is 4.47 Å². The summed E-state index contributed by atoms with van der Waals surface area (Å²) in [5.74, 6) is -2.12. The van der Waals surface area contributed by atoms with Crippen LogP contribution in [0.3, 0.4) is 0 Å². The highest BCUT2D eigenvalue weighted by Crippen LogP contribution is 2.36. The number of halogens is 3. The highest BCUT2D eigenvalue weighted by Gasteiger charge is 2.20. The van der Waals surface area contributed by atoms with Crippen LogP contribution in [-0.4, -0.2) is 5.11 Å². The van der Waals surface area contributed by atoms with Gasteiger partial charge < -0.3 is 10.8 Å². The van der Waals surface area contributed by atoms with Crippen molar-refractivity contribution >= 4 is 15.9 Å². The average molecular weight is 266 g/mol. The van der Waals surface area contributed by atoms with Crippen LogP contribution in [0.25, 0.3) is 0 Å². The second-order valence-electron chi connectivity index (χ2n) is 2.93. The quantitative estimate of drug-likeness (QED) is 0.808. The standard InChI is InChI=1S/C9H10BrF2NO/c1-2-6(13)7-4(11)3-5(12)8(10)9(7)14/h3,6,14H,2,13H2,1H3. The number of nitrogens with two attached hydrogens (primary N) is 1. The van der Waals surface area contributed by atoms with E-state index in [1.807, 2.05) is 0 Å². The van der Waals surface area contributed by atoms with Crippen LogP contribution in [0.5, 0.6) is 5.75 Å². The fourth-order valence-electron chi connectivity index (χ4n) is 1.15. The van der Waals surface area contributed by atoms with E-state index in [1.165, 1.54) is 0 Å². The van der Waals surface area contributed by atoms with Gasteiger partial charge in [0.25, 0.3) is 0 Å². The molecule has 1 rings (SSSR count). The molecule has 0 spiro atoms. The van der Waals surface area contributed by atoms with Gasteiger partial charge in [0, 0.05) is 17.7 Å². The number of benzene rings is 1. The molecule has 0 amide bonds. The van der Waals surface area contributed by atoms with Gasteiger partial charge in [-0.25, -0.2) is 8.78 Å². The maximum atomic E-state index is 13.2. The van der Waals surface area contributed by atoms with E-state index >= 15 is 0 Å². The van der Waals surface area contributed by atoms with Gasteiger partial charge in [-0.15, -0.1) is 0 Å². The average Bonchev–Trinajstić information content (AvgIpc) is 2.14. The molecule has 3 N–H and O–H groups in total. The van der Waals surface area contributed by atoms with E-state index in [0.717, 1.165) is 0 Å². The second kappa shape index (κ2) is 4.23. The van der Waals surface area contributed by atoms with E-state index in [2.05, 4.69) is 15.9 Å². The summed E-state index contributed by atoms with van der Waals surface area (Å²) in [5.41, 5.74) is 5.52. The van der Waals surface area contributed by atoms with E-state index in [9.17, 15) is 13.9 Å². The van der Waals surface area contributed by atoms with Crippen LogP contribution in [-0.2, 0) is 0 Å². The minimum Gasteiger partial charge on any atom is -0.506 e. The van der Waals surface area contributed by atoms with Gasteiger partial charge in [-0.1, -0.05) is 6.92 Å². The van der Waals surface area contributed by atoms with E-state index in [0.29, 0.717) is 12.5 Å². The van der Waals surface area contributed by atoms with E-state index in [1.54, 1.807) is 6.92 Å². The first kappa shape index (κ1) is 11.4. The summed E-state index contributed by atoms with van der Waals surface area (Å²) in [7, 11) is 0. The largest absolute Gasteiger partial charge is 0.506 e. The molecule has 0 saturated carbocycles. The summed E-state index contributed by atoms with van der Waals surface area (Å²) in [6.45, 7) is 1.75. The predicted molar refractivity (Wildman–Crippen MR) is 52.9 cm³/mol. The smallest absolute Gasteiger partial charge is 0.144 e. The number of phenols is 1. The Labute approximate surface area is 88.9 Å². The van der Waals surface area contributed by atoms with Crippen LogP contribution in [0.15, 0.2) is 10.5 Å². The first-order valence-corrected chi connectivity index (χ1v) is 4.90. The molecule has 1 unspecified atom stereocenters. The van der Waals surface area contributed by atoms with E-state index in [4.69, 9.17) is 5.73 Å². The zero-order valence-electron chi connectivity index (χ0n) is 7.52. The van der Waals surface area contributed by atoms with Crippen molar-refractivity contribution in [3.05, 3.63) is 27.7 Å². The van der Waals surface area contributed by atoms with Crippen LogP contribution in [0.4, 0.5) is 8.78 Å². The first-order chi connectivity index (χ1) is 6.49. The van der Waals surface area contributed by atoms with Gasteiger partial charge in [-0.05, 0) is 22.4 Å². The second-order valence-corrected chi connectivity index (χ2v) is 3.72. The monoisotopic (exact) mass is 265 g/mol. The summed E-state index contributed by atoms with van der Waals surface area (Å²) < 4.78 is 26.0. The van der Waals surface area contributed by atoms with E-state index in [-0.39, 0.29) is 10.0 Å². The van der Waals surface area contributed by atoms with Crippen molar-refractivity contribution in [2.45, 2.75) is 19.4 Å². The highest BCUT2D eigenvalue weighted by atomic mass is 79.9. The minimum absolute atomic E-state index is 0.0548. The molecular weight excluding hydrogens is 256 g/mol. The topological polar surface area (TPSA) is 46.2 Å². The molecule has 1 aromatic rings. The molecule has 1 aromatic carbocycles. The molecule has 0 heterocycles. The molecule has 0 aliphatic heterocycles. The maximum Gasteiger partial charge on any atom is 0.144 e. The van der Waals surface area contributed by atoms with Crippen molar-refractivity contribution in [2.75, 3.05) is 0 Å². The maximum absolute atomic E-state index is 13.2. The fourth-order valence-corrected chi connectivity index (χ4v) is 1.48. The third-order valence-corrected chi connectivity index (χ3v) is 2.75. The molecule has 78 valence electrons. The summed E-state index contributed by atoms with van der Waals surface area (Å²) in [6, 6.07) is 0.0705. The number of hydrogen-bond donors (Lipinski definition) is 2. The van der Waals surface area contributed by atoms with Gasteiger partial charge in [0.2, 0.25) is 0 Å². The molecular formula is C9H10BrF2NO. The number of aromatic hydroxyl groups is 1. The number of phenolic OH excluding ortho intramolecular Hbond substituents is 1. The fraction of sp³-hybridized carbons (Fsp3) is 0.333. The Kier molecular flexibility index (Phi) is 3.44. The zero-order chi connectivity index (χ0) is 10.9.